The second-order valence-electron chi connectivity index (χ2n) is 6.34. The monoisotopic (exact) mass is 445 g/mol. The van der Waals surface area contributed by atoms with Crippen molar-refractivity contribution >= 4 is 39.6 Å². The fourth-order valence-corrected chi connectivity index (χ4v) is 3.92. The van der Waals surface area contributed by atoms with Gasteiger partial charge in [0.25, 0.3) is 0 Å². The topological polar surface area (TPSA) is 80.5 Å². The highest BCUT2D eigenvalue weighted by molar-refractivity contribution is 7.15. The standard InChI is InChI=1S/C20H17ClFN5O2S/c1-29-17-6-5-13(21)10-16(17)24-19(28)23-8-7-15-11-30-20-25-18(26-27(15)20)12-3-2-4-14(22)9-12/h2-6,9-11H,7-8H2,1H3,(H2,23,24,28). The molecule has 30 heavy (non-hydrogen) atoms. The summed E-state index contributed by atoms with van der Waals surface area (Å²) >= 11 is 7.41. The minimum absolute atomic E-state index is 0.336. The molecule has 2 amide bonds. The van der Waals surface area contributed by atoms with E-state index in [0.29, 0.717) is 45.8 Å². The molecule has 0 unspecified atom stereocenters. The van der Waals surface area contributed by atoms with Crippen molar-refractivity contribution in [1.29, 1.82) is 0 Å². The lowest BCUT2D eigenvalue weighted by Crippen LogP contribution is -2.30. The van der Waals surface area contributed by atoms with E-state index in [9.17, 15) is 9.18 Å². The number of anilines is 1. The van der Waals surface area contributed by atoms with Gasteiger partial charge in [-0.3, -0.25) is 0 Å². The maximum Gasteiger partial charge on any atom is 0.319 e. The first-order valence-electron chi connectivity index (χ1n) is 9.01. The highest BCUT2D eigenvalue weighted by atomic mass is 35.5. The van der Waals surface area contributed by atoms with E-state index in [1.165, 1.54) is 30.6 Å². The number of carbonyl (C=O) groups is 1. The molecule has 4 rings (SSSR count). The van der Waals surface area contributed by atoms with Gasteiger partial charge in [0, 0.05) is 28.9 Å². The molecule has 10 heteroatoms. The van der Waals surface area contributed by atoms with E-state index >= 15 is 0 Å². The Labute approximate surface area is 180 Å². The first-order valence-corrected chi connectivity index (χ1v) is 10.3. The average Bonchev–Trinajstić information content (AvgIpc) is 3.30. The number of halogens is 2. The number of ether oxygens (including phenoxy) is 1. The molecule has 0 atom stereocenters. The van der Waals surface area contributed by atoms with Crippen molar-refractivity contribution in [3.05, 3.63) is 64.4 Å². The Hall–Kier alpha value is -3.17. The van der Waals surface area contributed by atoms with E-state index in [4.69, 9.17) is 16.3 Å². The maximum absolute atomic E-state index is 13.5. The van der Waals surface area contributed by atoms with Gasteiger partial charge in [-0.1, -0.05) is 23.7 Å². The number of carbonyl (C=O) groups excluding carboxylic acids is 1. The normalized spacial score (nSPS) is 10.9. The molecular formula is C20H17ClFN5O2S. The molecule has 0 fully saturated rings. The van der Waals surface area contributed by atoms with E-state index in [-0.39, 0.29) is 11.8 Å². The molecule has 7 nitrogen and oxygen atoms in total. The van der Waals surface area contributed by atoms with E-state index in [0.717, 1.165) is 5.69 Å². The van der Waals surface area contributed by atoms with Crippen molar-refractivity contribution in [3.8, 4) is 17.1 Å². The summed E-state index contributed by atoms with van der Waals surface area (Å²) in [6.45, 7) is 0.385. The van der Waals surface area contributed by atoms with Crippen LogP contribution in [0.1, 0.15) is 5.69 Å². The summed E-state index contributed by atoms with van der Waals surface area (Å²) in [5.74, 6) is 0.639. The van der Waals surface area contributed by atoms with E-state index in [1.807, 2.05) is 5.38 Å². The molecule has 0 radical (unpaired) electrons. The van der Waals surface area contributed by atoms with E-state index < -0.39 is 0 Å². The predicted octanol–water partition coefficient (Wildman–Crippen LogP) is 4.62. The summed E-state index contributed by atoms with van der Waals surface area (Å²) in [5.41, 5.74) is 1.99. The van der Waals surface area contributed by atoms with Crippen LogP contribution >= 0.6 is 22.9 Å². The third-order valence-corrected chi connectivity index (χ3v) is 5.41. The van der Waals surface area contributed by atoms with Crippen molar-refractivity contribution in [2.24, 2.45) is 0 Å². The molecule has 2 aromatic heterocycles. The van der Waals surface area contributed by atoms with Gasteiger partial charge in [-0.2, -0.15) is 4.98 Å². The second kappa shape index (κ2) is 8.68. The van der Waals surface area contributed by atoms with Crippen LogP contribution in [0.15, 0.2) is 47.8 Å². The van der Waals surface area contributed by atoms with E-state index in [1.54, 1.807) is 34.8 Å². The van der Waals surface area contributed by atoms with Crippen molar-refractivity contribution in [2.45, 2.75) is 6.42 Å². The zero-order chi connectivity index (χ0) is 21.1. The van der Waals surface area contributed by atoms with Crippen molar-refractivity contribution < 1.29 is 13.9 Å². The molecule has 4 aromatic rings. The molecule has 0 bridgehead atoms. The van der Waals surface area contributed by atoms with Gasteiger partial charge in [0.05, 0.1) is 18.5 Å². The van der Waals surface area contributed by atoms with Gasteiger partial charge < -0.3 is 15.4 Å². The summed E-state index contributed by atoms with van der Waals surface area (Å²) in [7, 11) is 1.52. The smallest absolute Gasteiger partial charge is 0.319 e. The Morgan fingerprint density at radius 2 is 2.17 bits per heavy atom. The lowest BCUT2D eigenvalue weighted by molar-refractivity contribution is 0.252. The average molecular weight is 446 g/mol. The number of amides is 2. The van der Waals surface area contributed by atoms with Crippen LogP contribution < -0.4 is 15.4 Å². The highest BCUT2D eigenvalue weighted by Gasteiger charge is 2.13. The maximum atomic E-state index is 13.5. The number of hydrogen-bond acceptors (Lipinski definition) is 5. The fourth-order valence-electron chi connectivity index (χ4n) is 2.89. The number of nitrogens with zero attached hydrogens (tertiary/aromatic N) is 3. The molecule has 0 saturated carbocycles. The summed E-state index contributed by atoms with van der Waals surface area (Å²) in [6, 6.07) is 10.8. The van der Waals surface area contributed by atoms with Crippen LogP contribution in [0.4, 0.5) is 14.9 Å². The van der Waals surface area contributed by atoms with Gasteiger partial charge in [0.2, 0.25) is 4.96 Å². The number of thiazole rings is 1. The molecule has 0 saturated heterocycles. The van der Waals surface area contributed by atoms with Crippen LogP contribution in [0.3, 0.4) is 0 Å². The number of benzene rings is 2. The quantitative estimate of drug-likeness (QED) is 0.453. The molecular weight excluding hydrogens is 429 g/mol. The SMILES string of the molecule is COc1ccc(Cl)cc1NC(=O)NCCc1csc2nc(-c3cccc(F)c3)nn12. The van der Waals surface area contributed by atoms with Gasteiger partial charge in [-0.25, -0.2) is 13.7 Å². The number of urea groups is 1. The molecule has 2 heterocycles. The zero-order valence-electron chi connectivity index (χ0n) is 15.9. The van der Waals surface area contributed by atoms with Gasteiger partial charge in [0.1, 0.15) is 11.6 Å². The third-order valence-electron chi connectivity index (χ3n) is 4.31. The van der Waals surface area contributed by atoms with Crippen LogP contribution in [0.5, 0.6) is 5.75 Å². The van der Waals surface area contributed by atoms with Crippen molar-refractivity contribution in [2.75, 3.05) is 19.0 Å². The van der Waals surface area contributed by atoms with Crippen LogP contribution in [0.2, 0.25) is 5.02 Å². The van der Waals surface area contributed by atoms with Crippen molar-refractivity contribution in [1.82, 2.24) is 19.9 Å². The van der Waals surface area contributed by atoms with Gasteiger partial charge in [-0.15, -0.1) is 16.4 Å². The summed E-state index contributed by atoms with van der Waals surface area (Å²) in [6.07, 6.45) is 0.548. The molecule has 0 aliphatic carbocycles. The number of fused-ring (bicyclic) bond motifs is 1. The van der Waals surface area contributed by atoms with Crippen LogP contribution in [-0.4, -0.2) is 34.3 Å². The minimum atomic E-state index is -0.374. The molecule has 2 aromatic carbocycles. The van der Waals surface area contributed by atoms with Crippen LogP contribution in [-0.2, 0) is 6.42 Å². The van der Waals surface area contributed by atoms with E-state index in [2.05, 4.69) is 20.7 Å². The van der Waals surface area contributed by atoms with Gasteiger partial charge in [0.15, 0.2) is 5.82 Å². The molecule has 154 valence electrons. The minimum Gasteiger partial charge on any atom is -0.495 e. The number of nitrogens with one attached hydrogen (secondary N) is 2. The second-order valence-corrected chi connectivity index (χ2v) is 7.62. The molecule has 0 spiro atoms. The number of methoxy groups -OCH3 is 1. The Kier molecular flexibility index (Phi) is 5.82. The lowest BCUT2D eigenvalue weighted by Gasteiger charge is -2.11. The first kappa shape index (κ1) is 20.1. The van der Waals surface area contributed by atoms with Crippen molar-refractivity contribution in [3.63, 3.8) is 0 Å². The summed E-state index contributed by atoms with van der Waals surface area (Å²) in [5, 5.41) is 12.4. The van der Waals surface area contributed by atoms with Gasteiger partial charge in [-0.05, 0) is 30.3 Å². The Morgan fingerprint density at radius 1 is 1.30 bits per heavy atom. The van der Waals surface area contributed by atoms with Crippen LogP contribution in [0.25, 0.3) is 16.3 Å². The largest absolute Gasteiger partial charge is 0.495 e. The lowest BCUT2D eigenvalue weighted by atomic mass is 10.2. The molecule has 0 aliphatic rings. The predicted molar refractivity (Wildman–Crippen MR) is 115 cm³/mol. The fraction of sp³-hybridized carbons (Fsp3) is 0.150. The number of hydrogen-bond donors (Lipinski definition) is 2. The zero-order valence-corrected chi connectivity index (χ0v) is 17.4. The Balaban J connectivity index is 1.39. The van der Waals surface area contributed by atoms with Gasteiger partial charge >= 0.3 is 6.03 Å². The number of rotatable bonds is 6. The Bertz CT molecular complexity index is 1210. The molecule has 0 aliphatic heterocycles. The summed E-state index contributed by atoms with van der Waals surface area (Å²) < 4.78 is 20.4. The van der Waals surface area contributed by atoms with Crippen LogP contribution in [0, 0.1) is 5.82 Å². The summed E-state index contributed by atoms with van der Waals surface area (Å²) in [4.78, 5) is 17.4. The third kappa shape index (κ3) is 4.37. The first-order chi connectivity index (χ1) is 14.5. The Morgan fingerprint density at radius 3 is 2.97 bits per heavy atom. The highest BCUT2D eigenvalue weighted by Crippen LogP contribution is 2.27. The number of aromatic nitrogens is 3. The molecule has 2 N–H and O–H groups in total.